The van der Waals surface area contributed by atoms with Crippen LogP contribution in [0.4, 0.5) is 4.39 Å². The molecule has 3 atom stereocenters. The summed E-state index contributed by atoms with van der Waals surface area (Å²) in [5, 5.41) is 3.78. The molecule has 0 heterocycles. The van der Waals surface area contributed by atoms with Crippen molar-refractivity contribution < 1.29 is 4.39 Å². The Morgan fingerprint density at radius 2 is 2.29 bits per heavy atom. The normalized spacial score (nSPS) is 24.7. The van der Waals surface area contributed by atoms with Crippen molar-refractivity contribution in [3.8, 4) is 0 Å². The van der Waals surface area contributed by atoms with Crippen LogP contribution < -0.4 is 5.32 Å². The highest BCUT2D eigenvalue weighted by atomic mass is 35.5. The van der Waals surface area contributed by atoms with Crippen LogP contribution in [0.1, 0.15) is 44.7 Å². The van der Waals surface area contributed by atoms with E-state index in [1.807, 2.05) is 0 Å². The molecule has 0 aromatic heterocycles. The Balaban J connectivity index is 1.91. The molecule has 0 amide bonds. The summed E-state index contributed by atoms with van der Waals surface area (Å²) < 4.78 is 13.0. The van der Waals surface area contributed by atoms with Gasteiger partial charge in [0, 0.05) is 12.1 Å². The van der Waals surface area contributed by atoms with E-state index in [1.165, 1.54) is 25.3 Å². The molecule has 2 rings (SSSR count). The first-order chi connectivity index (χ1) is 8.11. The predicted molar refractivity (Wildman–Crippen MR) is 69.8 cm³/mol. The minimum atomic E-state index is -0.349. The van der Waals surface area contributed by atoms with Gasteiger partial charge in [0.15, 0.2) is 0 Å². The van der Waals surface area contributed by atoms with Gasteiger partial charge < -0.3 is 5.32 Å². The van der Waals surface area contributed by atoms with Gasteiger partial charge in [-0.15, -0.1) is 0 Å². The predicted octanol–water partition coefficient (Wildman–Crippen LogP) is 4.32. The molecule has 94 valence electrons. The highest BCUT2D eigenvalue weighted by Gasteiger charge is 2.36. The molecule has 0 spiro atoms. The van der Waals surface area contributed by atoms with Crippen LogP contribution in [0.3, 0.4) is 0 Å². The Kier molecular flexibility index (Phi) is 4.05. The molecule has 3 heteroatoms. The van der Waals surface area contributed by atoms with Gasteiger partial charge in [-0.3, -0.25) is 0 Å². The summed E-state index contributed by atoms with van der Waals surface area (Å²) in [5.74, 6) is 0.483. The highest BCUT2D eigenvalue weighted by molar-refractivity contribution is 6.30. The maximum atomic E-state index is 13.0. The Morgan fingerprint density at radius 3 is 2.94 bits per heavy atom. The van der Waals surface area contributed by atoms with Gasteiger partial charge in [-0.1, -0.05) is 31.0 Å². The first-order valence-electron chi connectivity index (χ1n) is 6.32. The van der Waals surface area contributed by atoms with Gasteiger partial charge in [0.25, 0.3) is 0 Å². The maximum absolute atomic E-state index is 13.0. The Bertz CT molecular complexity index is 394. The number of hydrogen-bond donors (Lipinski definition) is 1. The lowest BCUT2D eigenvalue weighted by Crippen LogP contribution is -2.22. The summed E-state index contributed by atoms with van der Waals surface area (Å²) in [6.07, 6.45) is 3.82. The molecule has 1 N–H and O–H groups in total. The zero-order chi connectivity index (χ0) is 12.4. The fourth-order valence-electron chi connectivity index (χ4n) is 2.34. The SMILES string of the molecule is CCCC1CC1NC(C)c1ccc(F)c(Cl)c1. The molecule has 1 saturated carbocycles. The zero-order valence-corrected chi connectivity index (χ0v) is 11.1. The molecular weight excluding hydrogens is 237 g/mol. The van der Waals surface area contributed by atoms with Gasteiger partial charge in [-0.05, 0) is 43.4 Å². The molecular formula is C14H19ClFN. The average molecular weight is 256 g/mol. The van der Waals surface area contributed by atoms with E-state index >= 15 is 0 Å². The summed E-state index contributed by atoms with van der Waals surface area (Å²) in [6, 6.07) is 5.82. The van der Waals surface area contributed by atoms with Gasteiger partial charge in [0.1, 0.15) is 5.82 Å². The lowest BCUT2D eigenvalue weighted by Gasteiger charge is -2.14. The Labute approximate surface area is 107 Å². The molecule has 1 aliphatic rings. The van der Waals surface area contributed by atoms with E-state index in [0.717, 1.165) is 11.5 Å². The van der Waals surface area contributed by atoms with Crippen LogP contribution in [-0.2, 0) is 0 Å². The van der Waals surface area contributed by atoms with Gasteiger partial charge in [-0.2, -0.15) is 0 Å². The van der Waals surface area contributed by atoms with Crippen LogP contribution in [0.2, 0.25) is 5.02 Å². The maximum Gasteiger partial charge on any atom is 0.141 e. The van der Waals surface area contributed by atoms with Crippen molar-refractivity contribution in [2.24, 2.45) is 5.92 Å². The first-order valence-corrected chi connectivity index (χ1v) is 6.70. The molecule has 1 aromatic carbocycles. The molecule has 0 saturated heterocycles. The number of nitrogens with one attached hydrogen (secondary N) is 1. The van der Waals surface area contributed by atoms with E-state index in [1.54, 1.807) is 12.1 Å². The largest absolute Gasteiger partial charge is 0.307 e. The molecule has 0 aliphatic heterocycles. The second-order valence-corrected chi connectivity index (χ2v) is 5.36. The fourth-order valence-corrected chi connectivity index (χ4v) is 2.53. The molecule has 0 bridgehead atoms. The monoisotopic (exact) mass is 255 g/mol. The summed E-state index contributed by atoms with van der Waals surface area (Å²) in [6.45, 7) is 4.32. The molecule has 0 radical (unpaired) electrons. The third kappa shape index (κ3) is 3.20. The molecule has 3 unspecified atom stereocenters. The van der Waals surface area contributed by atoms with Crippen LogP contribution in [-0.4, -0.2) is 6.04 Å². The number of hydrogen-bond acceptors (Lipinski definition) is 1. The first kappa shape index (κ1) is 12.8. The number of halogens is 2. The van der Waals surface area contributed by atoms with Gasteiger partial charge in [-0.25, -0.2) is 4.39 Å². The van der Waals surface area contributed by atoms with Crippen molar-refractivity contribution in [1.82, 2.24) is 5.32 Å². The van der Waals surface area contributed by atoms with Crippen molar-refractivity contribution in [2.45, 2.75) is 45.2 Å². The second kappa shape index (κ2) is 5.36. The van der Waals surface area contributed by atoms with E-state index in [0.29, 0.717) is 6.04 Å². The lowest BCUT2D eigenvalue weighted by atomic mass is 10.1. The molecule has 17 heavy (non-hydrogen) atoms. The molecule has 1 nitrogen and oxygen atoms in total. The van der Waals surface area contributed by atoms with E-state index in [9.17, 15) is 4.39 Å². The summed E-state index contributed by atoms with van der Waals surface area (Å²) in [7, 11) is 0. The van der Waals surface area contributed by atoms with E-state index < -0.39 is 0 Å². The van der Waals surface area contributed by atoms with E-state index in [2.05, 4.69) is 19.2 Å². The van der Waals surface area contributed by atoms with Crippen LogP contribution in [0, 0.1) is 11.7 Å². The number of benzene rings is 1. The van der Waals surface area contributed by atoms with Crippen molar-refractivity contribution in [1.29, 1.82) is 0 Å². The Hall–Kier alpha value is -0.600. The van der Waals surface area contributed by atoms with E-state index in [-0.39, 0.29) is 16.9 Å². The topological polar surface area (TPSA) is 12.0 Å². The van der Waals surface area contributed by atoms with Crippen LogP contribution in [0.15, 0.2) is 18.2 Å². The van der Waals surface area contributed by atoms with Crippen LogP contribution >= 0.6 is 11.6 Å². The summed E-state index contributed by atoms with van der Waals surface area (Å²) in [5.41, 5.74) is 1.05. The minimum Gasteiger partial charge on any atom is -0.307 e. The summed E-state index contributed by atoms with van der Waals surface area (Å²) in [4.78, 5) is 0. The van der Waals surface area contributed by atoms with Gasteiger partial charge >= 0.3 is 0 Å². The summed E-state index contributed by atoms with van der Waals surface area (Å²) >= 11 is 5.79. The smallest absolute Gasteiger partial charge is 0.141 e. The fraction of sp³-hybridized carbons (Fsp3) is 0.571. The quantitative estimate of drug-likeness (QED) is 0.826. The Morgan fingerprint density at radius 1 is 1.53 bits per heavy atom. The lowest BCUT2D eigenvalue weighted by molar-refractivity contribution is 0.529. The van der Waals surface area contributed by atoms with Crippen molar-refractivity contribution in [2.75, 3.05) is 0 Å². The van der Waals surface area contributed by atoms with Crippen molar-refractivity contribution >= 4 is 11.6 Å². The third-order valence-corrected chi connectivity index (χ3v) is 3.78. The van der Waals surface area contributed by atoms with Crippen LogP contribution in [0.5, 0.6) is 0 Å². The second-order valence-electron chi connectivity index (χ2n) is 4.95. The standard InChI is InChI=1S/C14H19ClFN/c1-3-4-11-8-14(11)17-9(2)10-5-6-13(16)12(15)7-10/h5-7,9,11,14,17H,3-4,8H2,1-2H3. The van der Waals surface area contributed by atoms with Crippen LogP contribution in [0.25, 0.3) is 0 Å². The molecule has 1 aromatic rings. The van der Waals surface area contributed by atoms with Crippen molar-refractivity contribution in [3.05, 3.63) is 34.6 Å². The molecule has 1 aliphatic carbocycles. The van der Waals surface area contributed by atoms with Gasteiger partial charge in [0.05, 0.1) is 5.02 Å². The minimum absolute atomic E-state index is 0.206. The molecule has 1 fully saturated rings. The van der Waals surface area contributed by atoms with Crippen molar-refractivity contribution in [3.63, 3.8) is 0 Å². The number of rotatable bonds is 5. The van der Waals surface area contributed by atoms with Gasteiger partial charge in [0.2, 0.25) is 0 Å². The highest BCUT2D eigenvalue weighted by Crippen LogP contribution is 2.36. The average Bonchev–Trinajstić information content (AvgIpc) is 3.01. The zero-order valence-electron chi connectivity index (χ0n) is 10.3. The third-order valence-electron chi connectivity index (χ3n) is 3.49. The van der Waals surface area contributed by atoms with E-state index in [4.69, 9.17) is 11.6 Å².